The minimum Gasteiger partial charge on any atom is -0.326 e. The minimum atomic E-state index is 0. The van der Waals surface area contributed by atoms with Crippen molar-refractivity contribution < 1.29 is 0 Å². The van der Waals surface area contributed by atoms with Gasteiger partial charge in [-0.3, -0.25) is 9.58 Å². The molecule has 5 heteroatoms. The second kappa shape index (κ2) is 6.60. The van der Waals surface area contributed by atoms with E-state index in [0.717, 1.165) is 26.1 Å². The molecule has 1 saturated heterocycles. The standard InChI is InChI=1S/C16H22N4.ClH/c1-12-3-4-13(10-20-8-6-14(17)11-20)15(9-12)16-5-7-18-19(16)2;/h3-5,7,9,14H,6,8,10-11,17H2,1-2H3;1H/t14-;/m0./s1. The van der Waals surface area contributed by atoms with Crippen molar-refractivity contribution in [3.63, 3.8) is 0 Å². The van der Waals surface area contributed by atoms with E-state index in [0.29, 0.717) is 6.04 Å². The zero-order valence-electron chi connectivity index (χ0n) is 12.6. The number of benzene rings is 1. The highest BCUT2D eigenvalue weighted by atomic mass is 35.5. The van der Waals surface area contributed by atoms with Gasteiger partial charge in [0.05, 0.1) is 5.69 Å². The Hall–Kier alpha value is -1.36. The van der Waals surface area contributed by atoms with Crippen LogP contribution in [-0.4, -0.2) is 33.8 Å². The van der Waals surface area contributed by atoms with Crippen LogP contribution in [0.3, 0.4) is 0 Å². The predicted octanol–water partition coefficient (Wildman–Crippen LogP) is 2.35. The number of rotatable bonds is 3. The van der Waals surface area contributed by atoms with Gasteiger partial charge in [0.1, 0.15) is 0 Å². The van der Waals surface area contributed by atoms with E-state index in [9.17, 15) is 0 Å². The number of likely N-dealkylation sites (tertiary alicyclic amines) is 1. The molecule has 1 atom stereocenters. The number of aryl methyl sites for hydroxylation is 2. The summed E-state index contributed by atoms with van der Waals surface area (Å²) in [5.41, 5.74) is 11.1. The molecule has 114 valence electrons. The first-order valence-corrected chi connectivity index (χ1v) is 7.19. The van der Waals surface area contributed by atoms with Crippen LogP contribution in [0.1, 0.15) is 17.5 Å². The van der Waals surface area contributed by atoms with Crippen molar-refractivity contribution in [2.45, 2.75) is 25.9 Å². The van der Waals surface area contributed by atoms with Crippen molar-refractivity contribution in [1.29, 1.82) is 0 Å². The monoisotopic (exact) mass is 306 g/mol. The van der Waals surface area contributed by atoms with E-state index in [1.165, 1.54) is 22.4 Å². The van der Waals surface area contributed by atoms with Gasteiger partial charge in [0, 0.05) is 44.5 Å². The lowest BCUT2D eigenvalue weighted by Gasteiger charge is -2.18. The normalized spacial score (nSPS) is 18.7. The molecule has 2 aromatic rings. The van der Waals surface area contributed by atoms with Gasteiger partial charge in [0.25, 0.3) is 0 Å². The van der Waals surface area contributed by atoms with Crippen molar-refractivity contribution in [3.05, 3.63) is 41.6 Å². The molecular weight excluding hydrogens is 284 g/mol. The SMILES string of the molecule is Cc1ccc(CN2CC[C@H](N)C2)c(-c2ccnn2C)c1.Cl. The summed E-state index contributed by atoms with van der Waals surface area (Å²) in [6, 6.07) is 9.09. The van der Waals surface area contributed by atoms with Crippen LogP contribution in [-0.2, 0) is 13.6 Å². The molecule has 0 amide bonds. The summed E-state index contributed by atoms with van der Waals surface area (Å²) >= 11 is 0. The molecule has 21 heavy (non-hydrogen) atoms. The quantitative estimate of drug-likeness (QED) is 0.947. The van der Waals surface area contributed by atoms with Crippen LogP contribution < -0.4 is 5.73 Å². The zero-order valence-corrected chi connectivity index (χ0v) is 13.4. The van der Waals surface area contributed by atoms with Gasteiger partial charge in [-0.25, -0.2) is 0 Å². The molecular formula is C16H23ClN4. The summed E-state index contributed by atoms with van der Waals surface area (Å²) in [6.07, 6.45) is 2.96. The Bertz CT molecular complexity index is 608. The molecule has 2 heterocycles. The molecule has 1 aromatic heterocycles. The molecule has 0 spiro atoms. The maximum absolute atomic E-state index is 6.00. The number of hydrogen-bond acceptors (Lipinski definition) is 3. The third-order valence-electron chi connectivity index (χ3n) is 4.07. The number of hydrogen-bond donors (Lipinski definition) is 1. The van der Waals surface area contributed by atoms with E-state index < -0.39 is 0 Å². The van der Waals surface area contributed by atoms with Gasteiger partial charge in [-0.2, -0.15) is 5.10 Å². The van der Waals surface area contributed by atoms with Crippen LogP contribution in [0.15, 0.2) is 30.5 Å². The van der Waals surface area contributed by atoms with E-state index in [-0.39, 0.29) is 12.4 Å². The molecule has 1 aromatic carbocycles. The average molecular weight is 307 g/mol. The number of aromatic nitrogens is 2. The first kappa shape index (κ1) is 16.0. The van der Waals surface area contributed by atoms with E-state index in [2.05, 4.69) is 41.2 Å². The Kier molecular flexibility index (Phi) is 5.04. The van der Waals surface area contributed by atoms with E-state index >= 15 is 0 Å². The molecule has 0 bridgehead atoms. The van der Waals surface area contributed by atoms with Gasteiger partial charge in [0.2, 0.25) is 0 Å². The number of nitrogens with zero attached hydrogens (tertiary/aromatic N) is 3. The lowest BCUT2D eigenvalue weighted by Crippen LogP contribution is -2.26. The molecule has 4 nitrogen and oxygen atoms in total. The van der Waals surface area contributed by atoms with Gasteiger partial charge in [-0.1, -0.05) is 17.7 Å². The molecule has 0 aliphatic carbocycles. The molecule has 0 saturated carbocycles. The summed E-state index contributed by atoms with van der Waals surface area (Å²) in [7, 11) is 1.99. The second-order valence-corrected chi connectivity index (χ2v) is 5.78. The lowest BCUT2D eigenvalue weighted by molar-refractivity contribution is 0.327. The summed E-state index contributed by atoms with van der Waals surface area (Å²) in [4.78, 5) is 2.44. The van der Waals surface area contributed by atoms with Gasteiger partial charge in [-0.05, 0) is 31.0 Å². The maximum atomic E-state index is 6.00. The van der Waals surface area contributed by atoms with Crippen LogP contribution in [0, 0.1) is 6.92 Å². The highest BCUT2D eigenvalue weighted by Gasteiger charge is 2.20. The van der Waals surface area contributed by atoms with Crippen LogP contribution in [0.2, 0.25) is 0 Å². The lowest BCUT2D eigenvalue weighted by atomic mass is 10.0. The average Bonchev–Trinajstić information content (AvgIpc) is 3.01. The molecule has 1 aliphatic rings. The van der Waals surface area contributed by atoms with E-state index in [1.807, 2.05) is 17.9 Å². The van der Waals surface area contributed by atoms with Crippen LogP contribution in [0.5, 0.6) is 0 Å². The Morgan fingerprint density at radius 2 is 2.14 bits per heavy atom. The molecule has 3 rings (SSSR count). The predicted molar refractivity (Wildman–Crippen MR) is 88.5 cm³/mol. The van der Waals surface area contributed by atoms with Crippen molar-refractivity contribution >= 4 is 12.4 Å². The second-order valence-electron chi connectivity index (χ2n) is 5.78. The highest BCUT2D eigenvalue weighted by Crippen LogP contribution is 2.26. The van der Waals surface area contributed by atoms with Crippen LogP contribution in [0.25, 0.3) is 11.3 Å². The Balaban J connectivity index is 0.00000161. The van der Waals surface area contributed by atoms with Crippen molar-refractivity contribution in [1.82, 2.24) is 14.7 Å². The highest BCUT2D eigenvalue weighted by molar-refractivity contribution is 5.85. The Morgan fingerprint density at radius 1 is 1.33 bits per heavy atom. The number of nitrogens with two attached hydrogens (primary N) is 1. The van der Waals surface area contributed by atoms with Crippen molar-refractivity contribution in [2.24, 2.45) is 12.8 Å². The third kappa shape index (κ3) is 3.46. The van der Waals surface area contributed by atoms with Crippen molar-refractivity contribution in [3.8, 4) is 11.3 Å². The first-order chi connectivity index (χ1) is 9.63. The molecule has 2 N–H and O–H groups in total. The number of halogens is 1. The fraction of sp³-hybridized carbons (Fsp3) is 0.438. The van der Waals surface area contributed by atoms with Crippen molar-refractivity contribution in [2.75, 3.05) is 13.1 Å². The molecule has 1 aliphatic heterocycles. The summed E-state index contributed by atoms with van der Waals surface area (Å²) in [5, 5.41) is 4.29. The molecule has 1 fully saturated rings. The zero-order chi connectivity index (χ0) is 14.1. The van der Waals surface area contributed by atoms with E-state index in [4.69, 9.17) is 5.73 Å². The van der Waals surface area contributed by atoms with E-state index in [1.54, 1.807) is 0 Å². The fourth-order valence-electron chi connectivity index (χ4n) is 2.95. The smallest absolute Gasteiger partial charge is 0.0682 e. The van der Waals surface area contributed by atoms with Gasteiger partial charge >= 0.3 is 0 Å². The fourth-order valence-corrected chi connectivity index (χ4v) is 2.95. The molecule has 0 radical (unpaired) electrons. The Labute approximate surface area is 132 Å². The topological polar surface area (TPSA) is 47.1 Å². The van der Waals surface area contributed by atoms with Gasteiger partial charge in [-0.15, -0.1) is 12.4 Å². The van der Waals surface area contributed by atoms with Gasteiger partial charge in [0.15, 0.2) is 0 Å². The largest absolute Gasteiger partial charge is 0.326 e. The van der Waals surface area contributed by atoms with Gasteiger partial charge < -0.3 is 5.73 Å². The summed E-state index contributed by atoms with van der Waals surface area (Å²) < 4.78 is 1.94. The van der Waals surface area contributed by atoms with Crippen LogP contribution in [0.4, 0.5) is 0 Å². The molecule has 0 unspecified atom stereocenters. The summed E-state index contributed by atoms with van der Waals surface area (Å²) in [6.45, 7) is 5.20. The minimum absolute atomic E-state index is 0. The first-order valence-electron chi connectivity index (χ1n) is 7.19. The Morgan fingerprint density at radius 3 is 2.76 bits per heavy atom. The summed E-state index contributed by atoms with van der Waals surface area (Å²) in [5.74, 6) is 0. The van der Waals surface area contributed by atoms with Crippen LogP contribution >= 0.6 is 12.4 Å². The third-order valence-corrected chi connectivity index (χ3v) is 4.07. The maximum Gasteiger partial charge on any atom is 0.0682 e.